The fourth-order valence-corrected chi connectivity index (χ4v) is 3.38. The topological polar surface area (TPSA) is 100 Å². The quantitative estimate of drug-likeness (QED) is 0.665. The lowest BCUT2D eigenvalue weighted by Gasteiger charge is -2.17. The van der Waals surface area contributed by atoms with E-state index in [4.69, 9.17) is 4.74 Å². The van der Waals surface area contributed by atoms with Crippen molar-refractivity contribution < 1.29 is 9.53 Å². The zero-order valence-electron chi connectivity index (χ0n) is 13.8. The Morgan fingerprint density at radius 3 is 2.75 bits per heavy atom. The second kappa shape index (κ2) is 5.81. The summed E-state index contributed by atoms with van der Waals surface area (Å²) in [6, 6.07) is 0. The Hall–Kier alpha value is -2.58. The molecular weight excluding hydrogens is 310 g/mol. The van der Waals surface area contributed by atoms with Crippen LogP contribution >= 0.6 is 0 Å². The van der Waals surface area contributed by atoms with Crippen LogP contribution in [0.25, 0.3) is 16.9 Å². The lowest BCUT2D eigenvalue weighted by molar-refractivity contribution is -0.139. The van der Waals surface area contributed by atoms with E-state index in [9.17, 15) is 4.79 Å². The monoisotopic (exact) mass is 329 g/mol. The largest absolute Gasteiger partial charge is 0.469 e. The molecule has 126 valence electrons. The first-order valence-electron chi connectivity index (χ1n) is 8.19. The van der Waals surface area contributed by atoms with Crippen LogP contribution in [0.5, 0.6) is 0 Å². The van der Waals surface area contributed by atoms with Crippen molar-refractivity contribution in [1.82, 2.24) is 34.6 Å². The molecule has 4 rings (SSSR count). The number of hydrogen-bond donors (Lipinski definition) is 0. The highest BCUT2D eigenvalue weighted by Gasteiger charge is 2.23. The molecule has 0 amide bonds. The highest BCUT2D eigenvalue weighted by molar-refractivity contribution is 5.81. The normalized spacial score (nSPS) is 16.1. The van der Waals surface area contributed by atoms with Crippen molar-refractivity contribution in [3.05, 3.63) is 11.5 Å². The number of hydrogen-bond acceptors (Lipinski definition) is 7. The molecule has 0 unspecified atom stereocenters. The summed E-state index contributed by atoms with van der Waals surface area (Å²) in [6.45, 7) is 0. The molecule has 1 saturated carbocycles. The Kier molecular flexibility index (Phi) is 3.62. The number of carbonyl (C=O) groups is 1. The van der Waals surface area contributed by atoms with Crippen molar-refractivity contribution in [2.75, 3.05) is 7.11 Å². The number of aryl methyl sites for hydroxylation is 1. The first-order chi connectivity index (χ1) is 11.7. The summed E-state index contributed by atoms with van der Waals surface area (Å²) in [5.41, 5.74) is 1.77. The molecule has 3 aromatic rings. The minimum absolute atomic E-state index is 0.0538. The minimum atomic E-state index is -0.363. The first-order valence-corrected chi connectivity index (χ1v) is 8.19. The summed E-state index contributed by atoms with van der Waals surface area (Å²) in [7, 11) is 3.15. The predicted octanol–water partition coefficient (Wildman–Crippen LogP) is 1.17. The maximum absolute atomic E-state index is 11.6. The maximum atomic E-state index is 11.6. The third-order valence-corrected chi connectivity index (χ3v) is 4.62. The van der Waals surface area contributed by atoms with E-state index in [1.165, 1.54) is 26.4 Å². The van der Waals surface area contributed by atoms with Gasteiger partial charge in [0.05, 0.1) is 13.5 Å². The van der Waals surface area contributed by atoms with Crippen LogP contribution < -0.4 is 0 Å². The Labute approximate surface area is 138 Å². The lowest BCUT2D eigenvalue weighted by Crippen LogP contribution is -2.06. The summed E-state index contributed by atoms with van der Waals surface area (Å²) in [6.07, 6.45) is 6.01. The van der Waals surface area contributed by atoms with Gasteiger partial charge in [0.2, 0.25) is 0 Å². The number of ether oxygens (including phenoxy) is 1. The molecule has 0 aromatic carbocycles. The molecule has 1 aliphatic carbocycles. The smallest absolute Gasteiger partial charge is 0.311 e. The number of aromatic nitrogens is 7. The van der Waals surface area contributed by atoms with Crippen LogP contribution in [-0.2, 0) is 23.0 Å². The van der Waals surface area contributed by atoms with Crippen LogP contribution in [0, 0.1) is 0 Å². The molecule has 0 radical (unpaired) electrons. The van der Waals surface area contributed by atoms with Crippen molar-refractivity contribution in [2.24, 2.45) is 7.05 Å². The highest BCUT2D eigenvalue weighted by atomic mass is 16.5. The summed E-state index contributed by atoms with van der Waals surface area (Å²) in [4.78, 5) is 16.1. The van der Waals surface area contributed by atoms with Crippen molar-refractivity contribution >= 4 is 22.9 Å². The molecular formula is C15H19N7O2. The molecule has 0 atom stereocenters. The Morgan fingerprint density at radius 1 is 1.21 bits per heavy atom. The molecule has 1 fully saturated rings. The number of methoxy groups -OCH3 is 1. The van der Waals surface area contributed by atoms with Crippen LogP contribution in [-0.4, -0.2) is 47.7 Å². The van der Waals surface area contributed by atoms with E-state index < -0.39 is 0 Å². The summed E-state index contributed by atoms with van der Waals surface area (Å²) in [5, 5.41) is 17.4. The van der Waals surface area contributed by atoms with Gasteiger partial charge in [-0.15, -0.1) is 15.3 Å². The molecule has 1 aliphatic rings. The summed E-state index contributed by atoms with van der Waals surface area (Å²) >= 11 is 0. The zero-order chi connectivity index (χ0) is 16.7. The van der Waals surface area contributed by atoms with Crippen LogP contribution in [0.4, 0.5) is 0 Å². The average molecular weight is 329 g/mol. The van der Waals surface area contributed by atoms with Gasteiger partial charge in [-0.1, -0.05) is 19.3 Å². The molecule has 3 aromatic heterocycles. The van der Waals surface area contributed by atoms with E-state index in [0.29, 0.717) is 28.6 Å². The second-order valence-electron chi connectivity index (χ2n) is 6.21. The van der Waals surface area contributed by atoms with Crippen molar-refractivity contribution in [3.63, 3.8) is 0 Å². The van der Waals surface area contributed by atoms with Gasteiger partial charge in [-0.05, 0) is 12.8 Å². The molecule has 9 nitrogen and oxygen atoms in total. The van der Waals surface area contributed by atoms with Crippen LogP contribution in [0.15, 0.2) is 0 Å². The first kappa shape index (κ1) is 15.0. The van der Waals surface area contributed by atoms with Crippen LogP contribution in [0.3, 0.4) is 0 Å². The van der Waals surface area contributed by atoms with Gasteiger partial charge < -0.3 is 4.74 Å². The van der Waals surface area contributed by atoms with Gasteiger partial charge in [0.15, 0.2) is 17.0 Å². The fourth-order valence-electron chi connectivity index (χ4n) is 3.38. The number of esters is 1. The number of nitrogens with zero attached hydrogens (tertiary/aromatic N) is 7. The maximum Gasteiger partial charge on any atom is 0.311 e. The molecule has 0 aliphatic heterocycles. The van der Waals surface area contributed by atoms with Crippen LogP contribution in [0.2, 0.25) is 0 Å². The van der Waals surface area contributed by atoms with Crippen molar-refractivity contribution in [2.45, 2.75) is 44.4 Å². The number of fused-ring (bicyclic) bond motifs is 3. The highest BCUT2D eigenvalue weighted by Crippen LogP contribution is 2.31. The molecule has 0 spiro atoms. The van der Waals surface area contributed by atoms with E-state index in [1.807, 2.05) is 0 Å². The lowest BCUT2D eigenvalue weighted by atomic mass is 9.89. The van der Waals surface area contributed by atoms with E-state index >= 15 is 0 Å². The third kappa shape index (κ3) is 2.40. The Balaban J connectivity index is 1.81. The second-order valence-corrected chi connectivity index (χ2v) is 6.21. The molecule has 0 saturated heterocycles. The summed E-state index contributed by atoms with van der Waals surface area (Å²) in [5.74, 6) is 1.32. The molecule has 0 N–H and O–H groups in total. The van der Waals surface area contributed by atoms with Crippen molar-refractivity contribution in [1.29, 1.82) is 0 Å². The minimum Gasteiger partial charge on any atom is -0.469 e. The summed E-state index contributed by atoms with van der Waals surface area (Å²) < 4.78 is 8.05. The third-order valence-electron chi connectivity index (χ3n) is 4.62. The van der Waals surface area contributed by atoms with Gasteiger partial charge >= 0.3 is 5.97 Å². The van der Waals surface area contributed by atoms with Gasteiger partial charge in [0.1, 0.15) is 5.69 Å². The standard InChI is InChI=1S/C15H19N7O2/c1-21-14-12(10(19-21)8-11(23)24-2)17-18-15-16-13(20-22(14)15)9-6-4-3-5-7-9/h9H,3-8H2,1-2H3. The van der Waals surface area contributed by atoms with E-state index in [-0.39, 0.29) is 12.4 Å². The Morgan fingerprint density at radius 2 is 2.00 bits per heavy atom. The average Bonchev–Trinajstić information content (AvgIpc) is 3.17. The van der Waals surface area contributed by atoms with E-state index in [1.54, 1.807) is 16.2 Å². The van der Waals surface area contributed by atoms with E-state index in [0.717, 1.165) is 18.7 Å². The molecule has 9 heteroatoms. The van der Waals surface area contributed by atoms with Gasteiger partial charge in [0, 0.05) is 13.0 Å². The SMILES string of the molecule is COC(=O)Cc1nn(C)c2c1nnc1nc(C3CCCCC3)nn12. The molecule has 0 bridgehead atoms. The predicted molar refractivity (Wildman–Crippen MR) is 84.4 cm³/mol. The number of carbonyl (C=O) groups excluding carboxylic acids is 1. The number of rotatable bonds is 3. The van der Waals surface area contributed by atoms with Crippen molar-refractivity contribution in [3.8, 4) is 0 Å². The van der Waals surface area contributed by atoms with E-state index in [2.05, 4.69) is 25.4 Å². The fraction of sp³-hybridized carbons (Fsp3) is 0.600. The molecule has 24 heavy (non-hydrogen) atoms. The Bertz CT molecular complexity index is 907. The van der Waals surface area contributed by atoms with Gasteiger partial charge in [-0.2, -0.15) is 14.6 Å². The van der Waals surface area contributed by atoms with Gasteiger partial charge in [-0.3, -0.25) is 4.79 Å². The zero-order valence-corrected chi connectivity index (χ0v) is 13.8. The van der Waals surface area contributed by atoms with Gasteiger partial charge in [-0.25, -0.2) is 4.68 Å². The van der Waals surface area contributed by atoms with Crippen LogP contribution in [0.1, 0.15) is 49.5 Å². The van der Waals surface area contributed by atoms with Gasteiger partial charge in [0.25, 0.3) is 5.78 Å². The molecule has 3 heterocycles.